The van der Waals surface area contributed by atoms with E-state index in [0.29, 0.717) is 45.4 Å². The summed E-state index contributed by atoms with van der Waals surface area (Å²) >= 11 is 0. The average molecular weight is 1080 g/mol. The van der Waals surface area contributed by atoms with E-state index in [1.807, 2.05) is 33.3 Å². The SMILES string of the molecule is Nc1ncnn2c(C3CCC(O)CC3)cc(-c3ccc(NC(=O)c4cccn(-c5ccc(F)cc5)c4=O)cc3)c12.Nc1ncnn2c(C3CCC(O)CC3)cc(-c3ccc(NC(=O)c4cccn(-c5ccc(F)cc5)c4=O)cc3)c12. The van der Waals surface area contributed by atoms with Gasteiger partial charge in [-0.3, -0.25) is 28.3 Å². The third-order valence-corrected chi connectivity index (χ3v) is 15.0. The van der Waals surface area contributed by atoms with Crippen LogP contribution in [0.5, 0.6) is 0 Å². The number of halogens is 2. The highest BCUT2D eigenvalue weighted by Crippen LogP contribution is 2.41. The predicted octanol–water partition coefficient (Wildman–Crippen LogP) is 9.08. The van der Waals surface area contributed by atoms with Crippen molar-refractivity contribution in [1.29, 1.82) is 0 Å². The van der Waals surface area contributed by atoms with Crippen molar-refractivity contribution in [3.8, 4) is 33.6 Å². The van der Waals surface area contributed by atoms with Gasteiger partial charge in [-0.1, -0.05) is 24.3 Å². The number of aliphatic hydroxyl groups is 2. The van der Waals surface area contributed by atoms with Gasteiger partial charge in [0.25, 0.3) is 22.9 Å². The molecule has 4 aromatic carbocycles. The van der Waals surface area contributed by atoms with E-state index in [1.54, 1.807) is 36.4 Å². The summed E-state index contributed by atoms with van der Waals surface area (Å²) in [6, 6.07) is 35.7. The Kier molecular flexibility index (Phi) is 14.6. The van der Waals surface area contributed by atoms with E-state index < -0.39 is 34.6 Å². The largest absolute Gasteiger partial charge is 0.393 e. The summed E-state index contributed by atoms with van der Waals surface area (Å²) in [6.45, 7) is 0. The van der Waals surface area contributed by atoms with Crippen molar-refractivity contribution in [2.45, 2.75) is 75.4 Å². The molecule has 10 aromatic rings. The van der Waals surface area contributed by atoms with Gasteiger partial charge in [-0.25, -0.2) is 27.8 Å². The van der Waals surface area contributed by atoms with Crippen molar-refractivity contribution in [3.05, 3.63) is 213 Å². The Morgan fingerprint density at radius 3 is 1.24 bits per heavy atom. The zero-order chi connectivity index (χ0) is 55.6. The Morgan fingerprint density at radius 1 is 0.512 bits per heavy atom. The number of rotatable bonds is 10. The molecule has 2 aliphatic rings. The van der Waals surface area contributed by atoms with E-state index in [2.05, 4.69) is 42.9 Å². The smallest absolute Gasteiger partial charge is 0.267 e. The summed E-state index contributed by atoms with van der Waals surface area (Å²) < 4.78 is 32.9. The minimum Gasteiger partial charge on any atom is -0.393 e. The van der Waals surface area contributed by atoms with E-state index >= 15 is 0 Å². The van der Waals surface area contributed by atoms with Crippen LogP contribution in [0.25, 0.3) is 44.7 Å². The Bertz CT molecular complexity index is 3770. The van der Waals surface area contributed by atoms with Crippen molar-refractivity contribution in [2.24, 2.45) is 0 Å². The number of carbonyl (C=O) groups excluding carboxylic acids is 2. The van der Waals surface area contributed by atoms with Crippen LogP contribution in [0.1, 0.15) is 95.3 Å². The lowest BCUT2D eigenvalue weighted by Gasteiger charge is -2.24. The second-order valence-corrected chi connectivity index (χ2v) is 20.0. The Hall–Kier alpha value is -9.66. The number of pyridine rings is 2. The first kappa shape index (κ1) is 52.4. The van der Waals surface area contributed by atoms with E-state index in [0.717, 1.165) is 85.0 Å². The lowest BCUT2D eigenvalue weighted by molar-refractivity contribution is 0.101. The molecule has 0 spiro atoms. The molecule has 404 valence electrons. The number of fused-ring (bicyclic) bond motifs is 2. The summed E-state index contributed by atoms with van der Waals surface area (Å²) in [5, 5.41) is 34.4. The van der Waals surface area contributed by atoms with Crippen molar-refractivity contribution in [1.82, 2.24) is 38.3 Å². The molecule has 8 N–H and O–H groups in total. The molecule has 80 heavy (non-hydrogen) atoms. The normalized spacial score (nSPS) is 17.1. The van der Waals surface area contributed by atoms with Crippen LogP contribution in [0.3, 0.4) is 0 Å². The fourth-order valence-electron chi connectivity index (χ4n) is 10.8. The van der Waals surface area contributed by atoms with Crippen molar-refractivity contribution in [2.75, 3.05) is 22.1 Å². The highest BCUT2D eigenvalue weighted by Gasteiger charge is 2.28. The molecule has 18 nitrogen and oxygen atoms in total. The topological polar surface area (TPSA) is 255 Å². The number of amides is 2. The highest BCUT2D eigenvalue weighted by atomic mass is 19.1. The van der Waals surface area contributed by atoms with Gasteiger partial charge in [0.15, 0.2) is 11.6 Å². The van der Waals surface area contributed by atoms with Crippen LogP contribution in [0, 0.1) is 11.6 Å². The van der Waals surface area contributed by atoms with E-state index in [1.165, 1.54) is 94.8 Å². The third kappa shape index (κ3) is 10.7. The number of anilines is 4. The molecule has 0 unspecified atom stereocenters. The third-order valence-electron chi connectivity index (χ3n) is 15.0. The molecule has 0 aliphatic heterocycles. The van der Waals surface area contributed by atoms with Crippen LogP contribution in [0.2, 0.25) is 0 Å². The number of aromatic nitrogens is 8. The molecule has 6 heterocycles. The minimum absolute atomic E-state index is 0.0403. The standard InChI is InChI=1S/2C30H27FN6O3/c2*31-20-7-11-22(12-8-20)36-15-1-2-24(30(36)40)29(39)35-21-9-3-18(4-10-21)25-16-26(19-5-13-23(38)14-6-19)37-27(25)28(32)33-17-34-37/h2*1-4,7-12,15-17,19,23,38H,5-6,13-14H2,(H,35,39)(H2,32,33,34). The van der Waals surface area contributed by atoms with E-state index in [4.69, 9.17) is 11.5 Å². The van der Waals surface area contributed by atoms with Gasteiger partial charge in [-0.05, 0) is 172 Å². The number of hydrogen-bond donors (Lipinski definition) is 6. The van der Waals surface area contributed by atoms with Gasteiger partial charge in [0, 0.05) is 69.5 Å². The van der Waals surface area contributed by atoms with Crippen LogP contribution in [0.15, 0.2) is 168 Å². The van der Waals surface area contributed by atoms with Crippen molar-refractivity contribution >= 4 is 45.9 Å². The maximum absolute atomic E-state index is 13.3. The van der Waals surface area contributed by atoms with E-state index in [-0.39, 0.29) is 35.2 Å². The summed E-state index contributed by atoms with van der Waals surface area (Å²) in [7, 11) is 0. The average Bonchev–Trinajstić information content (AvgIpc) is 4.09. The van der Waals surface area contributed by atoms with E-state index in [9.17, 15) is 38.2 Å². The fourth-order valence-corrected chi connectivity index (χ4v) is 10.8. The van der Waals surface area contributed by atoms with Crippen LogP contribution in [-0.4, -0.2) is 72.6 Å². The summed E-state index contributed by atoms with van der Waals surface area (Å²) in [6.07, 6.45) is 11.9. The van der Waals surface area contributed by atoms with Crippen LogP contribution < -0.4 is 33.2 Å². The summed E-state index contributed by atoms with van der Waals surface area (Å²) in [4.78, 5) is 60.4. The molecule has 12 rings (SSSR count). The lowest BCUT2D eigenvalue weighted by Crippen LogP contribution is -2.27. The number of nitrogens with zero attached hydrogens (tertiary/aromatic N) is 8. The first-order valence-corrected chi connectivity index (χ1v) is 26.2. The van der Waals surface area contributed by atoms with Gasteiger partial charge in [-0.15, -0.1) is 0 Å². The molecular formula is C60H54F2N12O6. The molecule has 6 aromatic heterocycles. The van der Waals surface area contributed by atoms with Gasteiger partial charge in [0.05, 0.1) is 12.2 Å². The molecule has 0 saturated heterocycles. The van der Waals surface area contributed by atoms with Crippen molar-refractivity contribution in [3.63, 3.8) is 0 Å². The van der Waals surface area contributed by atoms with Crippen LogP contribution >= 0.6 is 0 Å². The Balaban J connectivity index is 0.000000169. The van der Waals surface area contributed by atoms with Gasteiger partial charge < -0.3 is 32.3 Å². The van der Waals surface area contributed by atoms with Gasteiger partial charge in [0.2, 0.25) is 0 Å². The zero-order valence-electron chi connectivity index (χ0n) is 43.0. The van der Waals surface area contributed by atoms with Gasteiger partial charge in [0.1, 0.15) is 46.4 Å². The Labute approximate surface area is 455 Å². The molecule has 0 radical (unpaired) electrons. The van der Waals surface area contributed by atoms with Gasteiger partial charge in [-0.2, -0.15) is 10.2 Å². The summed E-state index contributed by atoms with van der Waals surface area (Å²) in [5.41, 5.74) is 20.4. The van der Waals surface area contributed by atoms with Crippen LogP contribution in [0.4, 0.5) is 31.8 Å². The molecule has 2 fully saturated rings. The summed E-state index contributed by atoms with van der Waals surface area (Å²) in [5.74, 6) is -0.696. The maximum atomic E-state index is 13.3. The van der Waals surface area contributed by atoms with Gasteiger partial charge >= 0.3 is 0 Å². The fraction of sp³-hybridized carbons (Fsp3) is 0.200. The maximum Gasteiger partial charge on any atom is 0.267 e. The number of benzene rings is 4. The second-order valence-electron chi connectivity index (χ2n) is 20.0. The molecule has 0 bridgehead atoms. The number of aliphatic hydroxyl groups excluding tert-OH is 2. The first-order chi connectivity index (χ1) is 38.8. The number of nitrogens with two attached hydrogens (primary N) is 2. The molecule has 2 saturated carbocycles. The Morgan fingerprint density at radius 2 is 0.875 bits per heavy atom. The number of hydrogen-bond acceptors (Lipinski definition) is 12. The monoisotopic (exact) mass is 1080 g/mol. The predicted molar refractivity (Wildman–Crippen MR) is 300 cm³/mol. The molecule has 2 aliphatic carbocycles. The zero-order valence-corrected chi connectivity index (χ0v) is 43.0. The molecule has 2 amide bonds. The number of carbonyl (C=O) groups is 2. The number of nitrogens with one attached hydrogen (secondary N) is 2. The quantitative estimate of drug-likeness (QED) is 0.0750. The molecular weight excluding hydrogens is 1020 g/mol. The first-order valence-electron chi connectivity index (χ1n) is 26.2. The van der Waals surface area contributed by atoms with Crippen molar-refractivity contribution < 1.29 is 28.6 Å². The molecule has 20 heteroatoms. The lowest BCUT2D eigenvalue weighted by atomic mass is 9.85. The highest BCUT2D eigenvalue weighted by molar-refractivity contribution is 6.05. The number of nitrogen functional groups attached to an aromatic ring is 2. The molecule has 0 atom stereocenters. The second kappa shape index (κ2) is 22.4. The van der Waals surface area contributed by atoms with Crippen LogP contribution in [-0.2, 0) is 0 Å². The minimum atomic E-state index is -0.553.